The second-order valence-corrected chi connectivity index (χ2v) is 3.14. The lowest BCUT2D eigenvalue weighted by molar-refractivity contribution is -0.102. The number of nitrogen functional groups attached to an aromatic ring is 1. The molecule has 0 atom stereocenters. The van der Waals surface area contributed by atoms with Crippen molar-refractivity contribution in [3.05, 3.63) is 23.7 Å². The maximum absolute atomic E-state index is 10.6. The van der Waals surface area contributed by atoms with Crippen molar-refractivity contribution in [3.63, 3.8) is 0 Å². The molecule has 0 aromatic carbocycles. The predicted molar refractivity (Wildman–Crippen MR) is 55.3 cm³/mol. The smallest absolute Gasteiger partial charge is 0.180 e. The number of anilines is 1. The van der Waals surface area contributed by atoms with E-state index in [0.717, 1.165) is 0 Å². The highest BCUT2D eigenvalue weighted by atomic mass is 32.1. The van der Waals surface area contributed by atoms with Crippen LogP contribution in [-0.4, -0.2) is 23.6 Å². The van der Waals surface area contributed by atoms with Gasteiger partial charge in [0, 0.05) is 5.38 Å². The zero-order valence-corrected chi connectivity index (χ0v) is 8.16. The van der Waals surface area contributed by atoms with Crippen LogP contribution in [0.2, 0.25) is 0 Å². The fourth-order valence-corrected chi connectivity index (χ4v) is 1.25. The number of nitrogens with zero attached hydrogens (tertiary/aromatic N) is 2. The van der Waals surface area contributed by atoms with Crippen molar-refractivity contribution in [1.29, 1.82) is 0 Å². The standard InChI is InChI=1S/C8H9N3O2S/c1-2-3-13-11-6(4-12)7-5-14-8(9)10-7/h2,4-5H,1,3H2,(H2,9,10). The van der Waals surface area contributed by atoms with E-state index in [1.165, 1.54) is 17.4 Å². The fraction of sp³-hybridized carbons (Fsp3) is 0.125. The molecule has 0 saturated carbocycles. The van der Waals surface area contributed by atoms with E-state index in [1.807, 2.05) is 0 Å². The Morgan fingerprint density at radius 1 is 1.86 bits per heavy atom. The SMILES string of the molecule is C=CCON=C(C=O)c1csc(N)n1. The predicted octanol–water partition coefficient (Wildman–Crippen LogP) is 0.831. The van der Waals surface area contributed by atoms with Crippen LogP contribution in [0.1, 0.15) is 5.69 Å². The summed E-state index contributed by atoms with van der Waals surface area (Å²) in [4.78, 5) is 19.2. The Morgan fingerprint density at radius 3 is 3.14 bits per heavy atom. The number of thiazole rings is 1. The molecule has 6 heteroatoms. The monoisotopic (exact) mass is 211 g/mol. The number of oxime groups is 1. The molecule has 0 unspecified atom stereocenters. The summed E-state index contributed by atoms with van der Waals surface area (Å²) in [5.41, 5.74) is 5.95. The van der Waals surface area contributed by atoms with Gasteiger partial charge >= 0.3 is 0 Å². The Balaban J connectivity index is 2.76. The molecule has 1 aromatic rings. The van der Waals surface area contributed by atoms with Crippen molar-refractivity contribution in [2.24, 2.45) is 5.16 Å². The van der Waals surface area contributed by atoms with E-state index in [4.69, 9.17) is 10.6 Å². The molecule has 0 aliphatic heterocycles. The number of carbonyl (C=O) groups excluding carboxylic acids is 1. The third kappa shape index (κ3) is 2.67. The summed E-state index contributed by atoms with van der Waals surface area (Å²) in [6.45, 7) is 3.69. The molecule has 74 valence electrons. The van der Waals surface area contributed by atoms with Crippen molar-refractivity contribution >= 4 is 28.5 Å². The summed E-state index contributed by atoms with van der Waals surface area (Å²) < 4.78 is 0. The number of aromatic nitrogens is 1. The van der Waals surface area contributed by atoms with Crippen molar-refractivity contribution in [3.8, 4) is 0 Å². The maximum atomic E-state index is 10.6. The molecule has 0 aliphatic carbocycles. The van der Waals surface area contributed by atoms with Crippen molar-refractivity contribution in [1.82, 2.24) is 4.98 Å². The summed E-state index contributed by atoms with van der Waals surface area (Å²) in [5, 5.41) is 5.61. The van der Waals surface area contributed by atoms with Gasteiger partial charge in [-0.1, -0.05) is 17.8 Å². The highest BCUT2D eigenvalue weighted by Gasteiger charge is 2.06. The van der Waals surface area contributed by atoms with Gasteiger partial charge in [-0.15, -0.1) is 11.3 Å². The third-order valence-corrected chi connectivity index (χ3v) is 1.93. The van der Waals surface area contributed by atoms with Crippen molar-refractivity contribution in [2.45, 2.75) is 0 Å². The van der Waals surface area contributed by atoms with Crippen LogP contribution in [0, 0.1) is 0 Å². The highest BCUT2D eigenvalue weighted by molar-refractivity contribution is 7.13. The summed E-state index contributed by atoms with van der Waals surface area (Å²) in [6.07, 6.45) is 2.10. The van der Waals surface area contributed by atoms with Crippen LogP contribution in [0.4, 0.5) is 5.13 Å². The Labute approximate surface area is 84.9 Å². The minimum Gasteiger partial charge on any atom is -0.391 e. The van der Waals surface area contributed by atoms with Crippen LogP contribution < -0.4 is 5.73 Å². The first-order valence-corrected chi connectivity index (χ1v) is 4.63. The minimum absolute atomic E-state index is 0.125. The molecule has 2 N–H and O–H groups in total. The Morgan fingerprint density at radius 2 is 2.64 bits per heavy atom. The number of rotatable bonds is 5. The van der Waals surface area contributed by atoms with Crippen molar-refractivity contribution < 1.29 is 9.63 Å². The fourth-order valence-electron chi connectivity index (χ4n) is 0.693. The number of carbonyl (C=O) groups is 1. The molecular weight excluding hydrogens is 202 g/mol. The minimum atomic E-state index is 0.125. The molecule has 1 aromatic heterocycles. The Hall–Kier alpha value is -1.69. The van der Waals surface area contributed by atoms with E-state index in [1.54, 1.807) is 5.38 Å². The van der Waals surface area contributed by atoms with Crippen LogP contribution in [0.5, 0.6) is 0 Å². The van der Waals surface area contributed by atoms with Gasteiger partial charge in [-0.25, -0.2) is 4.98 Å². The molecule has 14 heavy (non-hydrogen) atoms. The topological polar surface area (TPSA) is 77.6 Å². The first-order chi connectivity index (χ1) is 6.77. The Bertz CT molecular complexity index is 359. The molecule has 0 radical (unpaired) electrons. The molecule has 0 amide bonds. The van der Waals surface area contributed by atoms with E-state index in [2.05, 4.69) is 16.7 Å². The molecule has 0 spiro atoms. The van der Waals surface area contributed by atoms with E-state index >= 15 is 0 Å². The van der Waals surface area contributed by atoms with E-state index in [0.29, 0.717) is 17.1 Å². The first-order valence-electron chi connectivity index (χ1n) is 3.75. The van der Waals surface area contributed by atoms with Gasteiger partial charge in [0.2, 0.25) is 0 Å². The molecule has 0 aliphatic rings. The van der Waals surface area contributed by atoms with Crippen molar-refractivity contribution in [2.75, 3.05) is 12.3 Å². The lowest BCUT2D eigenvalue weighted by atomic mass is 10.3. The quantitative estimate of drug-likeness (QED) is 0.257. The van der Waals surface area contributed by atoms with Crippen LogP contribution in [0.25, 0.3) is 0 Å². The van der Waals surface area contributed by atoms with Gasteiger partial charge in [-0.05, 0) is 0 Å². The van der Waals surface area contributed by atoms with E-state index in [-0.39, 0.29) is 12.3 Å². The van der Waals surface area contributed by atoms with Crippen LogP contribution in [-0.2, 0) is 9.63 Å². The molecule has 5 nitrogen and oxygen atoms in total. The van der Waals surface area contributed by atoms with Gasteiger partial charge in [0.15, 0.2) is 17.1 Å². The zero-order valence-electron chi connectivity index (χ0n) is 7.34. The van der Waals surface area contributed by atoms with E-state index < -0.39 is 0 Å². The molecule has 0 saturated heterocycles. The summed E-state index contributed by atoms with van der Waals surface area (Å²) in [6, 6.07) is 0. The van der Waals surface area contributed by atoms with Crippen LogP contribution in [0.15, 0.2) is 23.2 Å². The lowest BCUT2D eigenvalue weighted by Crippen LogP contribution is -2.04. The molecule has 1 heterocycles. The van der Waals surface area contributed by atoms with E-state index in [9.17, 15) is 4.79 Å². The summed E-state index contributed by atoms with van der Waals surface area (Å²) >= 11 is 1.24. The number of hydrogen-bond donors (Lipinski definition) is 1. The van der Waals surface area contributed by atoms with Gasteiger partial charge in [0.25, 0.3) is 0 Å². The molecule has 0 fully saturated rings. The molecule has 0 bridgehead atoms. The van der Waals surface area contributed by atoms with Gasteiger partial charge in [0.1, 0.15) is 12.3 Å². The molecule has 1 rings (SSSR count). The number of nitrogens with two attached hydrogens (primary N) is 1. The normalized spacial score (nSPS) is 11.0. The van der Waals surface area contributed by atoms with Crippen LogP contribution in [0.3, 0.4) is 0 Å². The summed E-state index contributed by atoms with van der Waals surface area (Å²) in [7, 11) is 0. The van der Waals surface area contributed by atoms with Gasteiger partial charge in [-0.3, -0.25) is 4.79 Å². The zero-order chi connectivity index (χ0) is 10.4. The average Bonchev–Trinajstić information content (AvgIpc) is 2.60. The maximum Gasteiger partial charge on any atom is 0.180 e. The largest absolute Gasteiger partial charge is 0.391 e. The second-order valence-electron chi connectivity index (χ2n) is 2.25. The van der Waals surface area contributed by atoms with Gasteiger partial charge < -0.3 is 10.6 Å². The lowest BCUT2D eigenvalue weighted by Gasteiger charge is -1.94. The van der Waals surface area contributed by atoms with Crippen LogP contribution >= 0.6 is 11.3 Å². The van der Waals surface area contributed by atoms with Gasteiger partial charge in [-0.2, -0.15) is 0 Å². The number of hydrogen-bond acceptors (Lipinski definition) is 6. The first kappa shape index (κ1) is 10.4. The second kappa shape index (κ2) is 5.13. The molecular formula is C8H9N3O2S. The average molecular weight is 211 g/mol. The number of aldehydes is 1. The van der Waals surface area contributed by atoms with Gasteiger partial charge in [0.05, 0.1) is 0 Å². The Kier molecular flexibility index (Phi) is 3.81. The summed E-state index contributed by atoms with van der Waals surface area (Å²) in [5.74, 6) is 0. The third-order valence-electron chi connectivity index (χ3n) is 1.25. The highest BCUT2D eigenvalue weighted by Crippen LogP contribution is 2.11.